The van der Waals surface area contributed by atoms with Crippen molar-refractivity contribution in [2.24, 2.45) is 0 Å². The number of hydrogen-bond acceptors (Lipinski definition) is 4. The van der Waals surface area contributed by atoms with Gasteiger partial charge in [0, 0.05) is 28.0 Å². The van der Waals surface area contributed by atoms with E-state index in [1.165, 1.54) is 11.8 Å². The highest BCUT2D eigenvalue weighted by Crippen LogP contribution is 2.25. The lowest BCUT2D eigenvalue weighted by Gasteiger charge is -2.13. The first kappa shape index (κ1) is 17.1. The minimum absolute atomic E-state index is 0.00551. The first-order valence-electron chi connectivity index (χ1n) is 7.39. The second kappa shape index (κ2) is 7.88. The number of amides is 1. The first-order valence-corrected chi connectivity index (χ1v) is 9.53. The zero-order valence-corrected chi connectivity index (χ0v) is 15.4. The molecule has 1 atom stereocenters. The molecule has 1 amide bonds. The Kier molecular flexibility index (Phi) is 5.60. The lowest BCUT2D eigenvalue weighted by Crippen LogP contribution is -2.30. The van der Waals surface area contributed by atoms with E-state index in [-0.39, 0.29) is 11.2 Å². The van der Waals surface area contributed by atoms with Crippen molar-refractivity contribution in [3.05, 3.63) is 64.1 Å². The van der Waals surface area contributed by atoms with Gasteiger partial charge in [0.15, 0.2) is 5.16 Å². The topological polar surface area (TPSA) is 46.9 Å². The van der Waals surface area contributed by atoms with E-state index >= 15 is 0 Å². The van der Waals surface area contributed by atoms with Crippen LogP contribution in [-0.2, 0) is 11.3 Å². The highest BCUT2D eigenvalue weighted by molar-refractivity contribution is 8.00. The Morgan fingerprint density at radius 2 is 2.29 bits per heavy atom. The van der Waals surface area contributed by atoms with Crippen molar-refractivity contribution < 1.29 is 4.79 Å². The van der Waals surface area contributed by atoms with Gasteiger partial charge in [-0.2, -0.15) is 0 Å². The van der Waals surface area contributed by atoms with E-state index < -0.39 is 0 Å². The fraction of sp³-hybridized carbons (Fsp3) is 0.176. The second-order valence-corrected chi connectivity index (χ2v) is 7.89. The van der Waals surface area contributed by atoms with Crippen LogP contribution in [0.3, 0.4) is 0 Å². The molecule has 0 aliphatic heterocycles. The molecule has 0 saturated heterocycles. The van der Waals surface area contributed by atoms with Crippen LogP contribution in [0.15, 0.2) is 59.3 Å². The second-order valence-electron chi connectivity index (χ2n) is 5.12. The number of nitrogens with one attached hydrogen (secondary N) is 1. The van der Waals surface area contributed by atoms with Gasteiger partial charge in [-0.05, 0) is 36.6 Å². The number of hydrogen-bond donors (Lipinski definition) is 1. The molecule has 0 saturated carbocycles. The summed E-state index contributed by atoms with van der Waals surface area (Å²) in [4.78, 5) is 17.8. The average molecular weight is 378 g/mol. The summed E-state index contributed by atoms with van der Waals surface area (Å²) in [7, 11) is 0. The normalized spacial score (nSPS) is 12.1. The third kappa shape index (κ3) is 4.20. The molecule has 3 aromatic rings. The summed E-state index contributed by atoms with van der Waals surface area (Å²) in [5.74, 6) is -0.00551. The summed E-state index contributed by atoms with van der Waals surface area (Å²) in [6.07, 6.45) is 3.59. The predicted molar refractivity (Wildman–Crippen MR) is 100 cm³/mol. The number of thioether (sulfide) groups is 1. The van der Waals surface area contributed by atoms with Gasteiger partial charge in [0.2, 0.25) is 5.91 Å². The number of imidazole rings is 1. The van der Waals surface area contributed by atoms with E-state index in [4.69, 9.17) is 11.6 Å². The maximum absolute atomic E-state index is 12.3. The van der Waals surface area contributed by atoms with E-state index in [0.717, 1.165) is 15.7 Å². The Hall–Kier alpha value is -1.76. The van der Waals surface area contributed by atoms with Gasteiger partial charge < -0.3 is 5.32 Å². The standard InChI is InChI=1S/C17H16ClN3OS2/c1-12(16(22)20-11-15-6-3-9-23-15)24-17-19-7-8-21(17)14-5-2-4-13(18)10-14/h2-10,12H,11H2,1H3,(H,20,22). The van der Waals surface area contributed by atoms with E-state index in [2.05, 4.69) is 10.3 Å². The van der Waals surface area contributed by atoms with Crippen LogP contribution >= 0.6 is 34.7 Å². The van der Waals surface area contributed by atoms with Crippen molar-refractivity contribution >= 4 is 40.6 Å². The molecule has 0 bridgehead atoms. The van der Waals surface area contributed by atoms with Crippen molar-refractivity contribution in [2.75, 3.05) is 0 Å². The van der Waals surface area contributed by atoms with Crippen molar-refractivity contribution in [1.82, 2.24) is 14.9 Å². The van der Waals surface area contributed by atoms with Crippen molar-refractivity contribution in [2.45, 2.75) is 23.9 Å². The molecule has 1 N–H and O–H groups in total. The lowest BCUT2D eigenvalue weighted by atomic mass is 10.3. The smallest absolute Gasteiger partial charge is 0.233 e. The van der Waals surface area contributed by atoms with Gasteiger partial charge in [-0.1, -0.05) is 35.5 Å². The number of thiophene rings is 1. The molecule has 0 aliphatic carbocycles. The zero-order valence-electron chi connectivity index (χ0n) is 13.0. The number of rotatable bonds is 6. The molecule has 2 aromatic heterocycles. The molecule has 124 valence electrons. The molecule has 0 aliphatic rings. The van der Waals surface area contributed by atoms with E-state index in [0.29, 0.717) is 11.6 Å². The fourth-order valence-corrected chi connectivity index (χ4v) is 3.88. The summed E-state index contributed by atoms with van der Waals surface area (Å²) < 4.78 is 1.93. The molecule has 7 heteroatoms. The molecule has 2 heterocycles. The molecule has 0 spiro atoms. The summed E-state index contributed by atoms with van der Waals surface area (Å²) in [6.45, 7) is 2.44. The third-order valence-corrected chi connectivity index (χ3v) is 5.55. The highest BCUT2D eigenvalue weighted by atomic mass is 35.5. The van der Waals surface area contributed by atoms with Gasteiger partial charge >= 0.3 is 0 Å². The van der Waals surface area contributed by atoms with E-state index in [9.17, 15) is 4.79 Å². The number of aromatic nitrogens is 2. The van der Waals surface area contributed by atoms with Crippen LogP contribution in [0.4, 0.5) is 0 Å². The summed E-state index contributed by atoms with van der Waals surface area (Å²) >= 11 is 9.11. The fourth-order valence-electron chi connectivity index (χ4n) is 2.14. The van der Waals surface area contributed by atoms with E-state index in [1.54, 1.807) is 17.5 Å². The average Bonchev–Trinajstić information content (AvgIpc) is 3.24. The van der Waals surface area contributed by atoms with Crippen LogP contribution in [0, 0.1) is 0 Å². The summed E-state index contributed by atoms with van der Waals surface area (Å²) in [6, 6.07) is 11.5. The molecular weight excluding hydrogens is 362 g/mol. The van der Waals surface area contributed by atoms with Crippen LogP contribution in [0.1, 0.15) is 11.8 Å². The maximum atomic E-state index is 12.3. The minimum atomic E-state index is -0.245. The number of nitrogens with zero attached hydrogens (tertiary/aromatic N) is 2. The Morgan fingerprint density at radius 1 is 1.42 bits per heavy atom. The van der Waals surface area contributed by atoms with Gasteiger partial charge in [0.25, 0.3) is 0 Å². The van der Waals surface area contributed by atoms with Crippen LogP contribution in [0.5, 0.6) is 0 Å². The third-order valence-electron chi connectivity index (χ3n) is 3.36. The Morgan fingerprint density at radius 3 is 3.04 bits per heavy atom. The molecule has 4 nitrogen and oxygen atoms in total. The van der Waals surface area contributed by atoms with Gasteiger partial charge in [-0.15, -0.1) is 11.3 Å². The monoisotopic (exact) mass is 377 g/mol. The number of benzene rings is 1. The van der Waals surface area contributed by atoms with Crippen LogP contribution in [-0.4, -0.2) is 20.7 Å². The quantitative estimate of drug-likeness (QED) is 0.648. The Bertz CT molecular complexity index is 817. The number of carbonyl (C=O) groups excluding carboxylic acids is 1. The van der Waals surface area contributed by atoms with Crippen LogP contribution in [0.25, 0.3) is 5.69 Å². The highest BCUT2D eigenvalue weighted by Gasteiger charge is 2.17. The minimum Gasteiger partial charge on any atom is -0.350 e. The van der Waals surface area contributed by atoms with E-state index in [1.807, 2.05) is 59.5 Å². The summed E-state index contributed by atoms with van der Waals surface area (Å²) in [5, 5.41) is 6.14. The predicted octanol–water partition coefficient (Wildman–Crippen LogP) is 4.38. The van der Waals surface area contributed by atoms with Crippen LogP contribution < -0.4 is 5.32 Å². The molecule has 0 fully saturated rings. The Labute approximate surface area is 153 Å². The van der Waals surface area contributed by atoms with Gasteiger partial charge in [-0.25, -0.2) is 4.98 Å². The summed E-state index contributed by atoms with van der Waals surface area (Å²) in [5.41, 5.74) is 0.925. The van der Waals surface area contributed by atoms with Crippen molar-refractivity contribution in [1.29, 1.82) is 0 Å². The molecule has 3 rings (SSSR count). The van der Waals surface area contributed by atoms with Gasteiger partial charge in [0.05, 0.1) is 11.8 Å². The molecule has 1 unspecified atom stereocenters. The molecule has 24 heavy (non-hydrogen) atoms. The van der Waals surface area contributed by atoms with Gasteiger partial charge in [-0.3, -0.25) is 9.36 Å². The lowest BCUT2D eigenvalue weighted by molar-refractivity contribution is -0.120. The van der Waals surface area contributed by atoms with Crippen LogP contribution in [0.2, 0.25) is 5.02 Å². The molecular formula is C17H16ClN3OS2. The van der Waals surface area contributed by atoms with Gasteiger partial charge in [0.1, 0.15) is 0 Å². The maximum Gasteiger partial charge on any atom is 0.233 e. The number of halogens is 1. The first-order chi connectivity index (χ1) is 11.6. The van der Waals surface area contributed by atoms with Crippen molar-refractivity contribution in [3.63, 3.8) is 0 Å². The molecule has 0 radical (unpaired) electrons. The largest absolute Gasteiger partial charge is 0.350 e. The number of carbonyl (C=O) groups is 1. The molecule has 1 aromatic carbocycles. The SMILES string of the molecule is CC(Sc1nccn1-c1cccc(Cl)c1)C(=O)NCc1cccs1. The Balaban J connectivity index is 1.65. The zero-order chi connectivity index (χ0) is 16.9. The van der Waals surface area contributed by atoms with Crippen molar-refractivity contribution in [3.8, 4) is 5.69 Å².